The van der Waals surface area contributed by atoms with Crippen molar-refractivity contribution in [1.82, 2.24) is 0 Å². The monoisotopic (exact) mass is 410 g/mol. The van der Waals surface area contributed by atoms with Crippen molar-refractivity contribution in [3.8, 4) is 0 Å². The van der Waals surface area contributed by atoms with Gasteiger partial charge < -0.3 is 14.9 Å². The first-order valence-corrected chi connectivity index (χ1v) is 10.9. The van der Waals surface area contributed by atoms with E-state index >= 15 is 0 Å². The number of fused-ring (bicyclic) bond motifs is 3. The van der Waals surface area contributed by atoms with E-state index in [-0.39, 0.29) is 30.0 Å². The number of rotatable bonds is 4. The molecule has 1 spiro atoms. The predicted octanol–water partition coefficient (Wildman–Crippen LogP) is 3.16. The van der Waals surface area contributed by atoms with Gasteiger partial charge in [0, 0.05) is 35.2 Å². The quantitative estimate of drug-likeness (QED) is 0.694. The summed E-state index contributed by atoms with van der Waals surface area (Å²) in [5.74, 6) is -3.92. The molecule has 1 saturated heterocycles. The summed E-state index contributed by atoms with van der Waals surface area (Å²) in [7, 11) is 0. The molecule has 3 atom stereocenters. The predicted molar refractivity (Wildman–Crippen MR) is 99.4 cm³/mol. The molecule has 1 heterocycles. The second-order valence-corrected chi connectivity index (χ2v) is 11.7. The molecular weight excluding hydrogens is 382 g/mol. The van der Waals surface area contributed by atoms with E-state index in [1.807, 2.05) is 0 Å². The zero-order valence-corrected chi connectivity index (χ0v) is 17.3. The first-order chi connectivity index (χ1) is 11.9. The summed E-state index contributed by atoms with van der Waals surface area (Å²) in [5, 5.41) is 19.4. The highest BCUT2D eigenvalue weighted by Crippen LogP contribution is 2.78. The summed E-state index contributed by atoms with van der Waals surface area (Å²) in [6, 6.07) is 0. The average molecular weight is 411 g/mol. The van der Waals surface area contributed by atoms with Crippen LogP contribution in [-0.4, -0.2) is 57.0 Å². The smallest absolute Gasteiger partial charge is 0.377 e. The Morgan fingerprint density at radius 2 is 1.73 bits per heavy atom. The maximum absolute atomic E-state index is 13.5. The number of alkyl halides is 2. The fraction of sp³-hybridized carbons (Fsp3) is 0.944. The van der Waals surface area contributed by atoms with E-state index in [9.17, 15) is 23.8 Å². The molecule has 0 aromatic carbocycles. The molecule has 0 aromatic rings. The van der Waals surface area contributed by atoms with Crippen molar-refractivity contribution in [1.29, 1.82) is 0 Å². The maximum Gasteiger partial charge on any atom is 0.377 e. The van der Waals surface area contributed by atoms with Crippen LogP contribution in [0.4, 0.5) is 8.78 Å². The van der Waals surface area contributed by atoms with Crippen LogP contribution in [0.3, 0.4) is 0 Å². The lowest BCUT2D eigenvalue weighted by atomic mass is 9.70. The normalized spacial score (nSPS) is 37.1. The lowest BCUT2D eigenvalue weighted by Gasteiger charge is -2.54. The van der Waals surface area contributed by atoms with Crippen LogP contribution in [0.5, 0.6) is 0 Å². The van der Waals surface area contributed by atoms with Gasteiger partial charge in [-0.3, -0.25) is 0 Å². The molecule has 1 aliphatic heterocycles. The van der Waals surface area contributed by atoms with Gasteiger partial charge in [-0.05, 0) is 18.3 Å². The van der Waals surface area contributed by atoms with Crippen molar-refractivity contribution in [2.45, 2.75) is 56.6 Å². The van der Waals surface area contributed by atoms with E-state index < -0.39 is 27.5 Å². The molecule has 2 N–H and O–H groups in total. The molecule has 3 aliphatic rings. The third-order valence-corrected chi connectivity index (χ3v) is 11.7. The van der Waals surface area contributed by atoms with Crippen molar-refractivity contribution in [3.63, 3.8) is 0 Å². The summed E-state index contributed by atoms with van der Waals surface area (Å²) >= 11 is 3.15. The number of aliphatic hydroxyl groups excluding tert-OH is 2. The molecule has 4 nitrogen and oxygen atoms in total. The van der Waals surface area contributed by atoms with Gasteiger partial charge >= 0.3 is 11.9 Å². The van der Waals surface area contributed by atoms with Gasteiger partial charge in [0.25, 0.3) is 0 Å². The van der Waals surface area contributed by atoms with Crippen molar-refractivity contribution in [2.75, 3.05) is 24.7 Å². The minimum absolute atomic E-state index is 0.0227. The van der Waals surface area contributed by atoms with Crippen LogP contribution in [-0.2, 0) is 9.53 Å². The molecule has 26 heavy (non-hydrogen) atoms. The summed E-state index contributed by atoms with van der Waals surface area (Å²) in [4.78, 5) is 12.0. The van der Waals surface area contributed by atoms with E-state index in [1.165, 1.54) is 0 Å². The minimum Gasteiger partial charge on any atom is -0.455 e. The molecule has 3 rings (SSSR count). The molecule has 0 amide bonds. The van der Waals surface area contributed by atoms with Crippen LogP contribution >= 0.6 is 23.5 Å². The second-order valence-electron chi connectivity index (χ2n) is 8.97. The van der Waals surface area contributed by atoms with Gasteiger partial charge in [-0.2, -0.15) is 8.78 Å². The van der Waals surface area contributed by atoms with Gasteiger partial charge in [-0.1, -0.05) is 20.8 Å². The van der Waals surface area contributed by atoms with Crippen molar-refractivity contribution < 1.29 is 28.5 Å². The Balaban J connectivity index is 1.97. The van der Waals surface area contributed by atoms with Crippen molar-refractivity contribution in [3.05, 3.63) is 0 Å². The standard InChI is InChI=1S/C18H28F2O4S2/c1-14(2)11-5-6-15(14,3)18(12(11)24-13(23)16(4,19)20)25-9-17(7-21,8-22)10-26-18/h11-12,21-22H,5-10H2,1-4H3. The molecule has 0 radical (unpaired) electrons. The highest BCUT2D eigenvalue weighted by molar-refractivity contribution is 8.19. The molecule has 2 saturated carbocycles. The van der Waals surface area contributed by atoms with Gasteiger partial charge in [0.15, 0.2) is 0 Å². The Hall–Kier alpha value is -0.0500. The van der Waals surface area contributed by atoms with Gasteiger partial charge in [0.05, 0.1) is 13.2 Å². The zero-order valence-electron chi connectivity index (χ0n) is 15.7. The van der Waals surface area contributed by atoms with Crippen LogP contribution in [0.15, 0.2) is 0 Å². The summed E-state index contributed by atoms with van der Waals surface area (Å²) < 4.78 is 32.0. The van der Waals surface area contributed by atoms with Crippen LogP contribution in [0.25, 0.3) is 0 Å². The van der Waals surface area contributed by atoms with Crippen molar-refractivity contribution in [2.24, 2.45) is 22.2 Å². The number of thioether (sulfide) groups is 2. The number of ether oxygens (including phenoxy) is 1. The Kier molecular flexibility index (Phi) is 4.95. The second kappa shape index (κ2) is 6.22. The van der Waals surface area contributed by atoms with Crippen molar-refractivity contribution >= 4 is 29.5 Å². The SMILES string of the molecule is CC(F)(F)C(=O)OC1C2CCC(C)(C2(C)C)C12SCC(CO)(CO)CS2. The average Bonchev–Trinajstić information content (AvgIpc) is 2.88. The van der Waals surface area contributed by atoms with Crippen LogP contribution in [0.2, 0.25) is 0 Å². The highest BCUT2D eigenvalue weighted by atomic mass is 32.2. The van der Waals surface area contributed by atoms with Crippen LogP contribution in [0, 0.1) is 22.2 Å². The van der Waals surface area contributed by atoms with E-state index in [2.05, 4.69) is 20.8 Å². The molecule has 150 valence electrons. The Morgan fingerprint density at radius 1 is 1.19 bits per heavy atom. The number of hydrogen-bond donors (Lipinski definition) is 2. The van der Waals surface area contributed by atoms with Gasteiger partial charge in [0.1, 0.15) is 10.2 Å². The van der Waals surface area contributed by atoms with Crippen LogP contribution in [0.1, 0.15) is 40.5 Å². The fourth-order valence-electron chi connectivity index (χ4n) is 4.97. The van der Waals surface area contributed by atoms with E-state index in [4.69, 9.17) is 4.74 Å². The maximum atomic E-state index is 13.5. The molecule has 8 heteroatoms. The topological polar surface area (TPSA) is 66.8 Å². The summed E-state index contributed by atoms with van der Waals surface area (Å²) in [6.07, 6.45) is 1.21. The van der Waals surface area contributed by atoms with Gasteiger partial charge in [-0.25, -0.2) is 4.79 Å². The number of carbonyl (C=O) groups excluding carboxylic acids is 1. The molecule has 0 aromatic heterocycles. The largest absolute Gasteiger partial charge is 0.455 e. The summed E-state index contributed by atoms with van der Waals surface area (Å²) in [6.45, 7) is 6.79. The lowest BCUT2D eigenvalue weighted by Crippen LogP contribution is -2.56. The number of aliphatic hydroxyl groups is 2. The minimum atomic E-state index is -3.52. The Bertz CT molecular complexity index is 578. The molecule has 2 bridgehead atoms. The highest BCUT2D eigenvalue weighted by Gasteiger charge is 2.76. The molecule has 2 aliphatic carbocycles. The molecule has 3 fully saturated rings. The number of esters is 1. The number of halogens is 2. The number of carbonyl (C=O) groups is 1. The Morgan fingerprint density at radius 3 is 2.19 bits per heavy atom. The third kappa shape index (κ3) is 2.58. The lowest BCUT2D eigenvalue weighted by molar-refractivity contribution is -0.178. The fourth-order valence-corrected chi connectivity index (χ4v) is 9.51. The zero-order chi connectivity index (χ0) is 19.6. The molecular formula is C18H28F2O4S2. The van der Waals surface area contributed by atoms with Crippen LogP contribution < -0.4 is 0 Å². The first kappa shape index (κ1) is 20.7. The number of hydrogen-bond acceptors (Lipinski definition) is 6. The van der Waals surface area contributed by atoms with E-state index in [0.29, 0.717) is 18.4 Å². The van der Waals surface area contributed by atoms with Gasteiger partial charge in [-0.15, -0.1) is 23.5 Å². The Labute approximate surface area is 161 Å². The summed E-state index contributed by atoms with van der Waals surface area (Å²) in [5.41, 5.74) is -0.934. The van der Waals surface area contributed by atoms with Gasteiger partial charge in [0.2, 0.25) is 0 Å². The first-order valence-electron chi connectivity index (χ1n) is 8.98. The van der Waals surface area contributed by atoms with E-state index in [1.54, 1.807) is 23.5 Å². The third-order valence-electron chi connectivity index (χ3n) is 7.26. The van der Waals surface area contributed by atoms with E-state index in [0.717, 1.165) is 12.8 Å². The molecule has 3 unspecified atom stereocenters.